The lowest BCUT2D eigenvalue weighted by molar-refractivity contribution is -0.228. The molecule has 6 rings (SSSR count). The summed E-state index contributed by atoms with van der Waals surface area (Å²) in [6.07, 6.45) is -2.15. The molecule has 3 aromatic rings. The van der Waals surface area contributed by atoms with Gasteiger partial charge in [-0.1, -0.05) is 17.7 Å². The molecule has 1 N–H and O–H groups in total. The highest BCUT2D eigenvalue weighted by Gasteiger charge is 2.50. The number of morpholine rings is 1. The summed E-state index contributed by atoms with van der Waals surface area (Å²) < 4.78 is 51.0. The Morgan fingerprint density at radius 3 is 2.64 bits per heavy atom. The lowest BCUT2D eigenvalue weighted by atomic mass is 9.90. The summed E-state index contributed by atoms with van der Waals surface area (Å²) >= 11 is 6.35. The van der Waals surface area contributed by atoms with Crippen LogP contribution in [0, 0.1) is 6.92 Å². The smallest absolute Gasteiger partial charge is 0.326 e. The largest absolute Gasteiger partial charge is 0.481 e. The highest BCUT2D eigenvalue weighted by atomic mass is 35.5. The van der Waals surface area contributed by atoms with Crippen molar-refractivity contribution >= 4 is 29.1 Å². The number of anilines is 2. The maximum absolute atomic E-state index is 14.0. The zero-order valence-electron chi connectivity index (χ0n) is 24.2. The molecule has 1 spiro atoms. The summed E-state index contributed by atoms with van der Waals surface area (Å²) in [5.74, 6) is -1.28. The molecule has 3 aliphatic heterocycles. The van der Waals surface area contributed by atoms with Crippen LogP contribution in [0.1, 0.15) is 31.2 Å². The molecule has 0 aliphatic carbocycles. The summed E-state index contributed by atoms with van der Waals surface area (Å²) in [5.41, 5.74) is 1.34. The quantitative estimate of drug-likeness (QED) is 0.386. The Hall–Kier alpha value is -3.88. The number of aliphatic carboxylic acids is 1. The molecule has 15 heteroatoms. The lowest BCUT2D eigenvalue weighted by Gasteiger charge is -2.53. The number of carboxylic acids is 1. The molecule has 44 heavy (non-hydrogen) atoms. The minimum atomic E-state index is -3.00. The van der Waals surface area contributed by atoms with Gasteiger partial charge in [0, 0.05) is 30.8 Å². The Kier molecular flexibility index (Phi) is 8.16. The van der Waals surface area contributed by atoms with E-state index in [-0.39, 0.29) is 42.1 Å². The summed E-state index contributed by atoms with van der Waals surface area (Å²) in [5, 5.41) is 10.5. The van der Waals surface area contributed by atoms with Crippen LogP contribution in [0.15, 0.2) is 30.5 Å². The molecule has 3 fully saturated rings. The summed E-state index contributed by atoms with van der Waals surface area (Å²) in [6, 6.07) is 5.39. The van der Waals surface area contributed by atoms with Crippen LogP contribution in [0.4, 0.5) is 20.3 Å². The summed E-state index contributed by atoms with van der Waals surface area (Å²) in [6.45, 7) is 5.86. The van der Waals surface area contributed by atoms with Gasteiger partial charge in [0.05, 0.1) is 55.9 Å². The number of methoxy groups -OCH3 is 1. The minimum absolute atomic E-state index is 0.0168. The fourth-order valence-electron chi connectivity index (χ4n) is 5.83. The van der Waals surface area contributed by atoms with E-state index in [0.29, 0.717) is 43.0 Å². The van der Waals surface area contributed by atoms with E-state index >= 15 is 0 Å². The normalized spacial score (nSPS) is 22.8. The number of carbonyl (C=O) groups is 1. The number of pyridine rings is 2. The maximum Gasteiger partial charge on any atom is 0.326 e. The van der Waals surface area contributed by atoms with Gasteiger partial charge >= 0.3 is 5.97 Å². The molecule has 3 aromatic heterocycles. The maximum atomic E-state index is 14.0. The van der Waals surface area contributed by atoms with Crippen LogP contribution in [0.5, 0.6) is 11.8 Å². The average Bonchev–Trinajstić information content (AvgIpc) is 3.42. The SMILES string of the molecule is COc1nc(-c2cc(N3C[C@@H](Oc4ncc(Cl)cc4N4CCOC5(COC5)[C@@H]4C)C[C@H]3C(=O)O)nc(C(F)F)n2)ccc1C. The number of hydrogen-bond donors (Lipinski definition) is 1. The van der Waals surface area contributed by atoms with Crippen LogP contribution in [0.2, 0.25) is 5.02 Å². The molecule has 0 aromatic carbocycles. The predicted octanol–water partition coefficient (Wildman–Crippen LogP) is 3.95. The molecule has 12 nitrogen and oxygen atoms in total. The zero-order valence-corrected chi connectivity index (χ0v) is 25.0. The number of rotatable bonds is 8. The van der Waals surface area contributed by atoms with Gasteiger partial charge in [-0.3, -0.25) is 0 Å². The van der Waals surface area contributed by atoms with Crippen molar-refractivity contribution in [2.45, 2.75) is 50.5 Å². The highest BCUT2D eigenvalue weighted by molar-refractivity contribution is 6.30. The molecule has 0 saturated carbocycles. The molecule has 3 aliphatic rings. The molecule has 3 atom stereocenters. The van der Waals surface area contributed by atoms with Gasteiger partial charge in [-0.05, 0) is 26.0 Å². The van der Waals surface area contributed by atoms with E-state index < -0.39 is 36.0 Å². The molecule has 234 valence electrons. The van der Waals surface area contributed by atoms with Gasteiger partial charge in [0.25, 0.3) is 6.43 Å². The van der Waals surface area contributed by atoms with Gasteiger partial charge in [-0.15, -0.1) is 0 Å². The van der Waals surface area contributed by atoms with Crippen molar-refractivity contribution in [1.29, 1.82) is 0 Å². The van der Waals surface area contributed by atoms with Crippen molar-refractivity contribution in [1.82, 2.24) is 19.9 Å². The molecular weight excluding hydrogens is 602 g/mol. The number of ether oxygens (including phenoxy) is 4. The van der Waals surface area contributed by atoms with Crippen LogP contribution in [0.25, 0.3) is 11.4 Å². The number of carboxylic acid groups (broad SMARTS) is 1. The Labute approximate surface area is 256 Å². The lowest BCUT2D eigenvalue weighted by Crippen LogP contribution is -2.68. The second kappa shape index (κ2) is 11.9. The van der Waals surface area contributed by atoms with E-state index in [4.69, 9.17) is 30.5 Å². The van der Waals surface area contributed by atoms with Gasteiger partial charge in [-0.2, -0.15) is 0 Å². The number of nitrogens with zero attached hydrogens (tertiary/aromatic N) is 6. The van der Waals surface area contributed by atoms with Gasteiger partial charge in [-0.25, -0.2) is 33.5 Å². The van der Waals surface area contributed by atoms with Gasteiger partial charge in [0.15, 0.2) is 5.82 Å². The third-order valence-electron chi connectivity index (χ3n) is 8.30. The fraction of sp³-hybridized carbons (Fsp3) is 0.483. The highest BCUT2D eigenvalue weighted by Crippen LogP contribution is 2.40. The molecular formula is C29H31ClF2N6O6. The second-order valence-electron chi connectivity index (χ2n) is 11.0. The van der Waals surface area contributed by atoms with Gasteiger partial charge < -0.3 is 33.9 Å². The minimum Gasteiger partial charge on any atom is -0.481 e. The Morgan fingerprint density at radius 2 is 1.95 bits per heavy atom. The van der Waals surface area contributed by atoms with E-state index in [1.807, 2.05) is 6.92 Å². The standard InChI is InChI=1S/C29H31ClF2N6O6/c1-15-4-5-19(35-26(15)41-3)20-10-23(36-25(34-20)24(31)32)38-12-18(9-22(38)28(39)40)44-27-21(8-17(30)11-33-27)37-6-7-43-29(16(37)2)13-42-14-29/h4-5,8,10-11,16,18,22,24H,6-7,9,12-14H2,1-3H3,(H,39,40)/t16-,18-,22-/m0/s1. The Bertz CT molecular complexity index is 1560. The molecule has 3 saturated heterocycles. The summed E-state index contributed by atoms with van der Waals surface area (Å²) in [4.78, 5) is 32.8. The molecule has 0 unspecified atom stereocenters. The number of aromatic nitrogens is 4. The number of alkyl halides is 2. The molecule has 0 radical (unpaired) electrons. The predicted molar refractivity (Wildman–Crippen MR) is 155 cm³/mol. The fourth-order valence-corrected chi connectivity index (χ4v) is 5.98. The first-order valence-corrected chi connectivity index (χ1v) is 14.5. The van der Waals surface area contributed by atoms with Crippen molar-refractivity contribution < 1.29 is 37.6 Å². The second-order valence-corrected chi connectivity index (χ2v) is 11.5. The van der Waals surface area contributed by atoms with E-state index in [0.717, 1.165) is 5.56 Å². The molecule has 0 bridgehead atoms. The van der Waals surface area contributed by atoms with Crippen molar-refractivity contribution in [3.8, 4) is 23.1 Å². The Balaban J connectivity index is 1.31. The van der Waals surface area contributed by atoms with Gasteiger partial charge in [0.2, 0.25) is 11.8 Å². The Morgan fingerprint density at radius 1 is 1.16 bits per heavy atom. The van der Waals surface area contributed by atoms with Crippen LogP contribution in [-0.2, 0) is 14.3 Å². The number of halogens is 3. The van der Waals surface area contributed by atoms with Crippen LogP contribution < -0.4 is 19.3 Å². The van der Waals surface area contributed by atoms with E-state index in [1.54, 1.807) is 25.1 Å². The molecule has 6 heterocycles. The van der Waals surface area contributed by atoms with Gasteiger partial charge in [0.1, 0.15) is 29.3 Å². The first kappa shape index (κ1) is 30.2. The van der Waals surface area contributed by atoms with Crippen molar-refractivity contribution in [2.75, 3.05) is 49.8 Å². The van der Waals surface area contributed by atoms with Crippen LogP contribution in [0.3, 0.4) is 0 Å². The van der Waals surface area contributed by atoms with E-state index in [2.05, 4.69) is 24.8 Å². The third kappa shape index (κ3) is 5.57. The first-order chi connectivity index (χ1) is 21.1. The number of hydrogen-bond acceptors (Lipinski definition) is 11. The topological polar surface area (TPSA) is 132 Å². The van der Waals surface area contributed by atoms with E-state index in [9.17, 15) is 18.7 Å². The van der Waals surface area contributed by atoms with Crippen molar-refractivity contribution in [3.63, 3.8) is 0 Å². The van der Waals surface area contributed by atoms with Crippen molar-refractivity contribution in [3.05, 3.63) is 46.9 Å². The third-order valence-corrected chi connectivity index (χ3v) is 8.51. The van der Waals surface area contributed by atoms with Crippen LogP contribution >= 0.6 is 11.6 Å². The van der Waals surface area contributed by atoms with Crippen LogP contribution in [-0.4, -0.2) is 94.8 Å². The number of aryl methyl sites for hydroxylation is 1. The van der Waals surface area contributed by atoms with E-state index in [1.165, 1.54) is 24.3 Å². The zero-order chi connectivity index (χ0) is 31.2. The van der Waals surface area contributed by atoms with Crippen molar-refractivity contribution in [2.24, 2.45) is 0 Å². The monoisotopic (exact) mass is 632 g/mol. The first-order valence-electron chi connectivity index (χ1n) is 14.1. The molecule has 0 amide bonds. The average molecular weight is 633 g/mol. The summed E-state index contributed by atoms with van der Waals surface area (Å²) in [7, 11) is 1.46.